The van der Waals surface area contributed by atoms with Crippen molar-refractivity contribution in [2.45, 2.75) is 244 Å². The summed E-state index contributed by atoms with van der Waals surface area (Å²) in [5.74, 6) is 7.79. The molecule has 4 saturated carbocycles. The van der Waals surface area contributed by atoms with Crippen molar-refractivity contribution in [1.29, 1.82) is 0 Å². The molecule has 4 aliphatic rings. The number of hydrogen-bond acceptors (Lipinski definition) is 4. The Bertz CT molecular complexity index is 622. The van der Waals surface area contributed by atoms with Crippen LogP contribution >= 0.6 is 54.0 Å². The average Bonchev–Trinajstić information content (AvgIpc) is 2.89. The Labute approximate surface area is 387 Å². The molecule has 0 aromatic heterocycles. The summed E-state index contributed by atoms with van der Waals surface area (Å²) in [6.07, 6.45) is 14.1. The fraction of sp³-hybridized carbons (Fsp3) is 1.00. The normalized spacial score (nSPS) is 31.1. The average molecular weight is 890 g/mol. The summed E-state index contributed by atoms with van der Waals surface area (Å²) in [7, 11) is 0. The SMILES string of the molecule is C.C.C.C.C.C.C.C.CC(C)C1CC[C@@H](C)C[C@H]1O.CC(C)C1CC[C@@H](C)C[C@H]1O.CC(C)C1CC[C@@H](C)C[C@H]1O.CC(C)C1CC[C@@H](C)C[C@H]1O.S.S.S.S. The summed E-state index contributed by atoms with van der Waals surface area (Å²) in [6.45, 7) is 26.6. The van der Waals surface area contributed by atoms with Crippen molar-refractivity contribution in [2.24, 2.45) is 71.0 Å². The van der Waals surface area contributed by atoms with Gasteiger partial charge in [0.15, 0.2) is 0 Å². The van der Waals surface area contributed by atoms with Crippen molar-refractivity contribution >= 4 is 54.0 Å². The van der Waals surface area contributed by atoms with Crippen LogP contribution in [-0.2, 0) is 0 Å². The topological polar surface area (TPSA) is 80.9 Å². The molecule has 4 aliphatic carbocycles. The molecule has 56 heavy (non-hydrogen) atoms. The maximum Gasteiger partial charge on any atom is 0.0573 e. The van der Waals surface area contributed by atoms with E-state index in [1.54, 1.807) is 0 Å². The molecular weight excluding hydrogens is 769 g/mol. The minimum absolute atomic E-state index is 0. The Kier molecular flexibility index (Phi) is 72.3. The van der Waals surface area contributed by atoms with Gasteiger partial charge in [-0.3, -0.25) is 0 Å². The lowest BCUT2D eigenvalue weighted by Crippen LogP contribution is -2.31. The van der Waals surface area contributed by atoms with E-state index in [1.165, 1.54) is 51.4 Å². The first kappa shape index (κ1) is 88.5. The summed E-state index contributed by atoms with van der Waals surface area (Å²) in [4.78, 5) is 0. The van der Waals surface area contributed by atoms with Crippen LogP contribution in [0.1, 0.15) is 220 Å². The van der Waals surface area contributed by atoms with Crippen LogP contribution in [0.25, 0.3) is 0 Å². The lowest BCUT2D eigenvalue weighted by molar-refractivity contribution is 0.0263. The Hall–Kier alpha value is 1.24. The van der Waals surface area contributed by atoms with E-state index in [4.69, 9.17) is 0 Å². The van der Waals surface area contributed by atoms with Gasteiger partial charge in [-0.2, -0.15) is 54.0 Å². The van der Waals surface area contributed by atoms with Crippen molar-refractivity contribution in [3.63, 3.8) is 0 Å². The quantitative estimate of drug-likeness (QED) is 0.227. The number of aliphatic hydroxyl groups is 4. The smallest absolute Gasteiger partial charge is 0.0573 e. The van der Waals surface area contributed by atoms with Gasteiger partial charge in [0.25, 0.3) is 0 Å². The summed E-state index contributed by atoms with van der Waals surface area (Å²) in [5.41, 5.74) is 0. The fourth-order valence-electron chi connectivity index (χ4n) is 8.61. The van der Waals surface area contributed by atoms with Gasteiger partial charge >= 0.3 is 0 Å². The highest BCUT2D eigenvalue weighted by Gasteiger charge is 2.31. The molecule has 0 bridgehead atoms. The van der Waals surface area contributed by atoms with Crippen molar-refractivity contribution in [3.8, 4) is 0 Å². The van der Waals surface area contributed by atoms with Gasteiger partial charge in [0.05, 0.1) is 24.4 Å². The second-order valence-corrected chi connectivity index (χ2v) is 17.6. The van der Waals surface area contributed by atoms with E-state index in [9.17, 15) is 20.4 Å². The van der Waals surface area contributed by atoms with Crippen molar-refractivity contribution in [3.05, 3.63) is 0 Å². The van der Waals surface area contributed by atoms with Gasteiger partial charge in [-0.25, -0.2) is 0 Å². The van der Waals surface area contributed by atoms with E-state index in [2.05, 4.69) is 83.1 Å². The molecule has 0 aromatic rings. The molecule has 0 radical (unpaired) electrons. The molecule has 0 aromatic carbocycles. The number of aliphatic hydroxyl groups excluding tert-OH is 4. The molecule has 0 heterocycles. The maximum absolute atomic E-state index is 9.71. The first-order valence-electron chi connectivity index (χ1n) is 19.2. The minimum atomic E-state index is -0.0289. The Balaban J connectivity index is -0.0000000430. The monoisotopic (exact) mass is 889 g/mol. The molecular formula is C48H120O4S4. The highest BCUT2D eigenvalue weighted by atomic mass is 32.1. The van der Waals surface area contributed by atoms with Gasteiger partial charge in [-0.1, -0.05) is 168 Å². The predicted molar refractivity (Wildman–Crippen MR) is 285 cm³/mol. The van der Waals surface area contributed by atoms with Crippen LogP contribution < -0.4 is 0 Å². The highest BCUT2D eigenvalue weighted by Crippen LogP contribution is 2.35. The van der Waals surface area contributed by atoms with Crippen LogP contribution in [0.4, 0.5) is 0 Å². The first-order valence-corrected chi connectivity index (χ1v) is 19.2. The Morgan fingerprint density at radius 2 is 0.411 bits per heavy atom. The van der Waals surface area contributed by atoms with Crippen molar-refractivity contribution in [2.75, 3.05) is 0 Å². The third-order valence-electron chi connectivity index (χ3n) is 11.9. The van der Waals surface area contributed by atoms with E-state index >= 15 is 0 Å². The van der Waals surface area contributed by atoms with E-state index in [0.717, 1.165) is 49.4 Å². The Morgan fingerprint density at radius 1 is 0.286 bits per heavy atom. The molecule has 360 valence electrons. The molecule has 0 saturated heterocycles. The molecule has 4 nitrogen and oxygen atoms in total. The maximum atomic E-state index is 9.71. The molecule has 4 fully saturated rings. The van der Waals surface area contributed by atoms with Crippen molar-refractivity contribution < 1.29 is 20.4 Å². The summed E-state index contributed by atoms with van der Waals surface area (Å²) >= 11 is 0. The van der Waals surface area contributed by atoms with E-state index < -0.39 is 0 Å². The van der Waals surface area contributed by atoms with Gasteiger partial charge in [0.2, 0.25) is 0 Å². The van der Waals surface area contributed by atoms with E-state index in [-0.39, 0.29) is 138 Å². The van der Waals surface area contributed by atoms with Crippen LogP contribution in [0.3, 0.4) is 0 Å². The molecule has 8 heteroatoms. The van der Waals surface area contributed by atoms with Gasteiger partial charge in [0, 0.05) is 0 Å². The van der Waals surface area contributed by atoms with Gasteiger partial charge in [-0.05, 0) is 122 Å². The molecule has 4 unspecified atom stereocenters. The zero-order valence-corrected chi connectivity index (χ0v) is 37.5. The molecule has 4 N–H and O–H groups in total. The Morgan fingerprint density at radius 3 is 0.500 bits per heavy atom. The zero-order chi connectivity index (χ0) is 33.7. The zero-order valence-electron chi connectivity index (χ0n) is 33.5. The predicted octanol–water partition coefficient (Wildman–Crippen LogP) is 15.3. The molecule has 0 amide bonds. The van der Waals surface area contributed by atoms with Crippen molar-refractivity contribution in [1.82, 2.24) is 0 Å². The van der Waals surface area contributed by atoms with Gasteiger partial charge in [0.1, 0.15) is 0 Å². The van der Waals surface area contributed by atoms with E-state index in [1.807, 2.05) is 0 Å². The van der Waals surface area contributed by atoms with Crippen LogP contribution in [0.15, 0.2) is 0 Å². The molecule has 12 atom stereocenters. The third-order valence-corrected chi connectivity index (χ3v) is 11.9. The fourth-order valence-corrected chi connectivity index (χ4v) is 8.61. The summed E-state index contributed by atoms with van der Waals surface area (Å²) in [5, 5.41) is 38.8. The third kappa shape index (κ3) is 33.9. The minimum Gasteiger partial charge on any atom is -0.393 e. The summed E-state index contributed by atoms with van der Waals surface area (Å²) in [6, 6.07) is 0. The van der Waals surface area contributed by atoms with Gasteiger partial charge < -0.3 is 20.4 Å². The van der Waals surface area contributed by atoms with Crippen LogP contribution in [0.2, 0.25) is 0 Å². The first-order chi connectivity index (χ1) is 20.4. The lowest BCUT2D eigenvalue weighted by Gasteiger charge is -2.33. The molecule has 4 rings (SSSR count). The van der Waals surface area contributed by atoms with Gasteiger partial charge in [-0.15, -0.1) is 0 Å². The largest absolute Gasteiger partial charge is 0.393 e. The highest BCUT2D eigenvalue weighted by molar-refractivity contribution is 7.59. The summed E-state index contributed by atoms with van der Waals surface area (Å²) < 4.78 is 0. The standard InChI is InChI=1S/4C10H20O.8CH4.4H2S/c4*1-7(2)9-5-4-8(3)6-10(9)11;;;;;;;;;;;;/h4*7-11H,4-6H2,1-3H3;8*1H4;4*1H2/t4*8-,9?,10-;;;;;;;;;;;;/m1111............/s1. The number of rotatable bonds is 4. The molecule has 0 spiro atoms. The number of hydrogen-bond donors (Lipinski definition) is 4. The van der Waals surface area contributed by atoms with Crippen LogP contribution in [0, 0.1) is 71.0 Å². The van der Waals surface area contributed by atoms with Crippen LogP contribution in [-0.4, -0.2) is 44.8 Å². The second-order valence-electron chi connectivity index (χ2n) is 17.6. The van der Waals surface area contributed by atoms with Crippen LogP contribution in [0.5, 0.6) is 0 Å². The van der Waals surface area contributed by atoms with E-state index in [0.29, 0.717) is 47.3 Å². The molecule has 0 aliphatic heterocycles. The lowest BCUT2D eigenvalue weighted by atomic mass is 9.75. The second kappa shape index (κ2) is 45.8.